The van der Waals surface area contributed by atoms with Crippen molar-refractivity contribution in [3.8, 4) is 5.75 Å². The maximum Gasteiger partial charge on any atom is 0.240 e. The van der Waals surface area contributed by atoms with Crippen molar-refractivity contribution in [2.24, 2.45) is 0 Å². The highest BCUT2D eigenvalue weighted by Crippen LogP contribution is 2.24. The number of hydrogen-bond acceptors (Lipinski definition) is 5. The molecule has 1 aromatic rings. The maximum absolute atomic E-state index is 12.0. The van der Waals surface area contributed by atoms with Gasteiger partial charge in [0, 0.05) is 12.6 Å². The first-order valence-corrected chi connectivity index (χ1v) is 7.40. The van der Waals surface area contributed by atoms with Gasteiger partial charge in [-0.15, -0.1) is 0 Å². The Morgan fingerprint density at radius 1 is 1.37 bits per heavy atom. The van der Waals surface area contributed by atoms with Crippen LogP contribution in [0.5, 0.6) is 5.75 Å². The summed E-state index contributed by atoms with van der Waals surface area (Å²) in [6.45, 7) is 4.31. The van der Waals surface area contributed by atoms with Crippen molar-refractivity contribution in [2.45, 2.75) is 24.8 Å². The minimum atomic E-state index is -3.57. The molecule has 0 spiro atoms. The zero-order valence-electron chi connectivity index (χ0n) is 11.3. The third-order valence-electron chi connectivity index (χ3n) is 2.36. The van der Waals surface area contributed by atoms with E-state index >= 15 is 0 Å². The first-order valence-electron chi connectivity index (χ1n) is 5.91. The van der Waals surface area contributed by atoms with Crippen LogP contribution in [-0.4, -0.2) is 34.8 Å². The van der Waals surface area contributed by atoms with Gasteiger partial charge in [0.05, 0.1) is 30.4 Å². The zero-order valence-corrected chi connectivity index (χ0v) is 12.2. The lowest BCUT2D eigenvalue weighted by Crippen LogP contribution is -2.28. The van der Waals surface area contributed by atoms with Gasteiger partial charge in [-0.3, -0.25) is 0 Å². The molecule has 1 rings (SSSR count). The summed E-state index contributed by atoms with van der Waals surface area (Å²) in [7, 11) is -2.14. The molecule has 0 fully saturated rings. The van der Waals surface area contributed by atoms with Crippen molar-refractivity contribution in [1.82, 2.24) is 4.72 Å². The van der Waals surface area contributed by atoms with Gasteiger partial charge >= 0.3 is 0 Å². The lowest BCUT2D eigenvalue weighted by molar-refractivity contribution is 0.0834. The summed E-state index contributed by atoms with van der Waals surface area (Å²) in [4.78, 5) is 0.114. The molecule has 0 aromatic heterocycles. The van der Waals surface area contributed by atoms with E-state index in [0.29, 0.717) is 18.0 Å². The molecular formula is C12H20N2O4S. The Labute approximate surface area is 113 Å². The SMILES string of the molecule is COc1cc(S(=O)(=O)NCCOC(C)C)ccc1N. The molecule has 0 saturated carbocycles. The molecule has 7 heteroatoms. The fourth-order valence-corrected chi connectivity index (χ4v) is 2.44. The highest BCUT2D eigenvalue weighted by Gasteiger charge is 2.15. The second-order valence-electron chi connectivity index (χ2n) is 4.22. The van der Waals surface area contributed by atoms with E-state index < -0.39 is 10.0 Å². The molecule has 3 N–H and O–H groups in total. The van der Waals surface area contributed by atoms with E-state index in [1.165, 1.54) is 25.3 Å². The minimum absolute atomic E-state index is 0.0705. The summed E-state index contributed by atoms with van der Waals surface area (Å²) in [5, 5.41) is 0. The quantitative estimate of drug-likeness (QED) is 0.576. The topological polar surface area (TPSA) is 90.7 Å². The Morgan fingerprint density at radius 2 is 2.05 bits per heavy atom. The van der Waals surface area contributed by atoms with E-state index in [2.05, 4.69) is 4.72 Å². The van der Waals surface area contributed by atoms with Crippen molar-refractivity contribution in [2.75, 3.05) is 26.0 Å². The molecule has 0 amide bonds. The van der Waals surface area contributed by atoms with Crippen LogP contribution in [0.4, 0.5) is 5.69 Å². The molecule has 6 nitrogen and oxygen atoms in total. The van der Waals surface area contributed by atoms with Crippen molar-refractivity contribution in [1.29, 1.82) is 0 Å². The maximum atomic E-state index is 12.0. The molecule has 0 aliphatic rings. The Hall–Kier alpha value is -1.31. The fraction of sp³-hybridized carbons (Fsp3) is 0.500. The molecule has 0 aliphatic heterocycles. The van der Waals surface area contributed by atoms with Crippen LogP contribution >= 0.6 is 0 Å². The number of sulfonamides is 1. The lowest BCUT2D eigenvalue weighted by atomic mass is 10.3. The predicted octanol–water partition coefficient (Wildman–Crippen LogP) is 0.981. The molecule has 0 saturated heterocycles. The Kier molecular flexibility index (Phi) is 5.59. The average molecular weight is 288 g/mol. The molecule has 0 aliphatic carbocycles. The number of ether oxygens (including phenoxy) is 2. The fourth-order valence-electron chi connectivity index (χ4n) is 1.41. The first kappa shape index (κ1) is 15.7. The van der Waals surface area contributed by atoms with Gasteiger partial charge < -0.3 is 15.2 Å². The first-order chi connectivity index (χ1) is 8.86. The molecule has 0 radical (unpaired) electrons. The van der Waals surface area contributed by atoms with Gasteiger partial charge in [-0.2, -0.15) is 0 Å². The van der Waals surface area contributed by atoms with E-state index in [9.17, 15) is 8.42 Å². The molecular weight excluding hydrogens is 268 g/mol. The van der Waals surface area contributed by atoms with Gasteiger partial charge in [-0.05, 0) is 26.0 Å². The van der Waals surface area contributed by atoms with E-state index in [1.807, 2.05) is 13.8 Å². The Morgan fingerprint density at radius 3 is 2.63 bits per heavy atom. The summed E-state index contributed by atoms with van der Waals surface area (Å²) in [6, 6.07) is 4.32. The highest BCUT2D eigenvalue weighted by molar-refractivity contribution is 7.89. The van der Waals surface area contributed by atoms with Crippen LogP contribution in [0.2, 0.25) is 0 Å². The van der Waals surface area contributed by atoms with E-state index in [1.54, 1.807) is 0 Å². The summed E-state index contributed by atoms with van der Waals surface area (Å²) < 4.78 is 36.7. The van der Waals surface area contributed by atoms with Gasteiger partial charge in [-0.25, -0.2) is 13.1 Å². The monoisotopic (exact) mass is 288 g/mol. The van der Waals surface area contributed by atoms with Crippen molar-refractivity contribution in [3.05, 3.63) is 18.2 Å². The number of rotatable bonds is 7. The second kappa shape index (κ2) is 6.74. The Bertz CT molecular complexity index is 514. The van der Waals surface area contributed by atoms with Gasteiger partial charge in [-0.1, -0.05) is 0 Å². The largest absolute Gasteiger partial charge is 0.495 e. The molecule has 108 valence electrons. The number of hydrogen-bond donors (Lipinski definition) is 2. The molecule has 0 atom stereocenters. The second-order valence-corrected chi connectivity index (χ2v) is 5.99. The third kappa shape index (κ3) is 4.70. The van der Waals surface area contributed by atoms with Crippen molar-refractivity contribution < 1.29 is 17.9 Å². The molecule has 0 unspecified atom stereocenters. The van der Waals surface area contributed by atoms with Gasteiger partial charge in [0.25, 0.3) is 0 Å². The summed E-state index contributed by atoms with van der Waals surface area (Å²) in [6.07, 6.45) is 0.0705. The third-order valence-corrected chi connectivity index (χ3v) is 3.82. The lowest BCUT2D eigenvalue weighted by Gasteiger charge is -2.11. The van der Waals surface area contributed by atoms with Crippen LogP contribution in [-0.2, 0) is 14.8 Å². The van der Waals surface area contributed by atoms with Crippen LogP contribution in [0, 0.1) is 0 Å². The summed E-state index contributed by atoms with van der Waals surface area (Å²) in [5.41, 5.74) is 6.03. The van der Waals surface area contributed by atoms with E-state index in [-0.39, 0.29) is 17.5 Å². The van der Waals surface area contributed by atoms with Crippen molar-refractivity contribution in [3.63, 3.8) is 0 Å². The van der Waals surface area contributed by atoms with Crippen LogP contribution in [0.3, 0.4) is 0 Å². The molecule has 0 bridgehead atoms. The van der Waals surface area contributed by atoms with E-state index in [4.69, 9.17) is 15.2 Å². The van der Waals surface area contributed by atoms with Gasteiger partial charge in [0.15, 0.2) is 0 Å². The van der Waals surface area contributed by atoms with Crippen molar-refractivity contribution >= 4 is 15.7 Å². The normalized spacial score (nSPS) is 11.8. The summed E-state index contributed by atoms with van der Waals surface area (Å²) >= 11 is 0. The van der Waals surface area contributed by atoms with Crippen LogP contribution in [0.1, 0.15) is 13.8 Å². The molecule has 19 heavy (non-hydrogen) atoms. The van der Waals surface area contributed by atoms with Gasteiger partial charge in [0.2, 0.25) is 10.0 Å². The minimum Gasteiger partial charge on any atom is -0.495 e. The average Bonchev–Trinajstić information content (AvgIpc) is 2.35. The standard InChI is InChI=1S/C12H20N2O4S/c1-9(2)18-7-6-14-19(15,16)10-4-5-11(13)12(8-10)17-3/h4-5,8-9,14H,6-7,13H2,1-3H3. The smallest absolute Gasteiger partial charge is 0.240 e. The number of nitrogen functional groups attached to an aromatic ring is 1. The summed E-state index contributed by atoms with van der Waals surface area (Å²) in [5.74, 6) is 0.335. The van der Waals surface area contributed by atoms with Gasteiger partial charge in [0.1, 0.15) is 5.75 Å². The van der Waals surface area contributed by atoms with Crippen LogP contribution in [0.15, 0.2) is 23.1 Å². The number of benzene rings is 1. The predicted molar refractivity (Wildman–Crippen MR) is 73.7 cm³/mol. The van der Waals surface area contributed by atoms with Crippen LogP contribution < -0.4 is 15.2 Å². The molecule has 0 heterocycles. The highest BCUT2D eigenvalue weighted by atomic mass is 32.2. The number of anilines is 1. The van der Waals surface area contributed by atoms with E-state index in [0.717, 1.165) is 0 Å². The van der Waals surface area contributed by atoms with Crippen LogP contribution in [0.25, 0.3) is 0 Å². The number of nitrogens with two attached hydrogens (primary N) is 1. The molecule has 1 aromatic carbocycles. The zero-order chi connectivity index (χ0) is 14.5. The Balaban J connectivity index is 2.72. The number of methoxy groups -OCH3 is 1. The number of nitrogens with one attached hydrogen (secondary N) is 1.